The number of hydrogen-bond acceptors (Lipinski definition) is 1. The van der Waals surface area contributed by atoms with Gasteiger partial charge in [0.25, 0.3) is 0 Å². The van der Waals surface area contributed by atoms with E-state index in [-0.39, 0.29) is 12.4 Å². The molecular formula is C5H7ClF2O2. The molecule has 0 bridgehead atoms. The maximum Gasteiger partial charge on any atom is 0.374 e. The van der Waals surface area contributed by atoms with Gasteiger partial charge >= 0.3 is 11.9 Å². The number of aliphatic carboxylic acids is 1. The molecule has 0 radical (unpaired) electrons. The van der Waals surface area contributed by atoms with E-state index in [4.69, 9.17) is 5.11 Å². The predicted octanol–water partition coefficient (Wildman–Crippen LogP) is 1.70. The number of alkyl halides is 2. The summed E-state index contributed by atoms with van der Waals surface area (Å²) >= 11 is 0. The predicted molar refractivity (Wildman–Crippen MR) is 34.6 cm³/mol. The molecule has 10 heavy (non-hydrogen) atoms. The lowest BCUT2D eigenvalue weighted by Crippen LogP contribution is -2.26. The average molecular weight is 173 g/mol. The molecule has 0 fully saturated rings. The first kappa shape index (κ1) is 12.1. The molecule has 60 valence electrons. The fraction of sp³-hybridized carbons (Fsp3) is 0.400. The van der Waals surface area contributed by atoms with Crippen molar-refractivity contribution < 1.29 is 18.7 Å². The normalized spacial score (nSPS) is 9.80. The van der Waals surface area contributed by atoms with Gasteiger partial charge in [-0.25, -0.2) is 4.79 Å². The minimum Gasteiger partial charge on any atom is -0.477 e. The van der Waals surface area contributed by atoms with E-state index in [2.05, 4.69) is 6.58 Å². The summed E-state index contributed by atoms with van der Waals surface area (Å²) in [5.74, 6) is -5.76. The lowest BCUT2D eigenvalue weighted by molar-refractivity contribution is -0.164. The zero-order chi connectivity index (χ0) is 7.49. The minimum absolute atomic E-state index is 0. The summed E-state index contributed by atoms with van der Waals surface area (Å²) in [4.78, 5) is 9.61. The molecule has 0 atom stereocenters. The number of carbonyl (C=O) groups is 1. The molecule has 0 saturated carbocycles. The first-order valence-corrected chi connectivity index (χ1v) is 2.23. The summed E-state index contributed by atoms with van der Waals surface area (Å²) in [7, 11) is 0. The zero-order valence-corrected chi connectivity index (χ0v) is 5.83. The summed E-state index contributed by atoms with van der Waals surface area (Å²) in [5.41, 5.74) is 0. The van der Waals surface area contributed by atoms with E-state index in [1.54, 1.807) is 0 Å². The van der Waals surface area contributed by atoms with Crippen LogP contribution in [-0.2, 0) is 4.79 Å². The van der Waals surface area contributed by atoms with Gasteiger partial charge in [-0.05, 0) is 0 Å². The van der Waals surface area contributed by atoms with Crippen LogP contribution in [0.25, 0.3) is 0 Å². The van der Waals surface area contributed by atoms with Crippen LogP contribution in [-0.4, -0.2) is 17.0 Å². The highest BCUT2D eigenvalue weighted by Gasteiger charge is 2.36. The standard InChI is InChI=1S/C5H6F2O2.ClH/c1-2-3-5(6,7)4(8)9;/h2H,1,3H2,(H,8,9);1H. The fourth-order valence-corrected chi connectivity index (χ4v) is 0.269. The molecule has 0 amide bonds. The average Bonchev–Trinajstić information content (AvgIpc) is 1.65. The minimum atomic E-state index is -3.65. The van der Waals surface area contributed by atoms with E-state index in [0.29, 0.717) is 0 Å². The second-order valence-corrected chi connectivity index (χ2v) is 1.50. The van der Waals surface area contributed by atoms with Crippen LogP contribution in [0.5, 0.6) is 0 Å². The number of allylic oxidation sites excluding steroid dienone is 1. The van der Waals surface area contributed by atoms with Gasteiger partial charge in [0.15, 0.2) is 0 Å². The second kappa shape index (κ2) is 4.22. The van der Waals surface area contributed by atoms with Crippen molar-refractivity contribution in [3.63, 3.8) is 0 Å². The third kappa shape index (κ3) is 3.40. The highest BCUT2D eigenvalue weighted by atomic mass is 35.5. The molecule has 0 aliphatic rings. The Morgan fingerprint density at radius 1 is 1.70 bits per heavy atom. The van der Waals surface area contributed by atoms with Gasteiger partial charge in [-0.15, -0.1) is 19.0 Å². The van der Waals surface area contributed by atoms with Crippen molar-refractivity contribution in [2.24, 2.45) is 0 Å². The van der Waals surface area contributed by atoms with Gasteiger partial charge in [-0.3, -0.25) is 0 Å². The van der Waals surface area contributed by atoms with Crippen molar-refractivity contribution in [3.05, 3.63) is 12.7 Å². The van der Waals surface area contributed by atoms with Crippen molar-refractivity contribution >= 4 is 18.4 Å². The van der Waals surface area contributed by atoms with Crippen LogP contribution in [0, 0.1) is 0 Å². The first-order chi connectivity index (χ1) is 4.00. The van der Waals surface area contributed by atoms with Crippen LogP contribution >= 0.6 is 12.4 Å². The molecule has 0 rings (SSSR count). The van der Waals surface area contributed by atoms with E-state index < -0.39 is 18.3 Å². The van der Waals surface area contributed by atoms with E-state index in [1.807, 2.05) is 0 Å². The Bertz CT molecular complexity index is 136. The summed E-state index contributed by atoms with van der Waals surface area (Å²) in [6, 6.07) is 0. The quantitative estimate of drug-likeness (QED) is 0.658. The number of hydrogen-bond donors (Lipinski definition) is 1. The summed E-state index contributed by atoms with van der Waals surface area (Å²) < 4.78 is 23.8. The van der Waals surface area contributed by atoms with E-state index >= 15 is 0 Å². The molecule has 0 heterocycles. The number of halogens is 3. The van der Waals surface area contributed by atoms with E-state index in [1.165, 1.54) is 0 Å². The van der Waals surface area contributed by atoms with Gasteiger partial charge in [0.2, 0.25) is 0 Å². The number of rotatable bonds is 3. The van der Waals surface area contributed by atoms with E-state index in [0.717, 1.165) is 6.08 Å². The van der Waals surface area contributed by atoms with Gasteiger partial charge in [-0.1, -0.05) is 6.08 Å². The highest BCUT2D eigenvalue weighted by molar-refractivity contribution is 5.85. The van der Waals surface area contributed by atoms with Crippen LogP contribution in [0.2, 0.25) is 0 Å². The van der Waals surface area contributed by atoms with Crippen molar-refractivity contribution in [2.45, 2.75) is 12.3 Å². The Hall–Kier alpha value is -0.640. The van der Waals surface area contributed by atoms with Crippen molar-refractivity contribution in [1.82, 2.24) is 0 Å². The molecule has 0 aliphatic heterocycles. The second-order valence-electron chi connectivity index (χ2n) is 1.50. The molecule has 0 aromatic rings. The Labute approximate surface area is 62.9 Å². The lowest BCUT2D eigenvalue weighted by Gasteiger charge is -2.05. The van der Waals surface area contributed by atoms with Gasteiger partial charge in [0.1, 0.15) is 0 Å². The molecule has 0 aliphatic carbocycles. The maximum absolute atomic E-state index is 11.9. The Morgan fingerprint density at radius 2 is 2.10 bits per heavy atom. The molecule has 0 spiro atoms. The third-order valence-corrected chi connectivity index (χ3v) is 0.714. The van der Waals surface area contributed by atoms with Gasteiger partial charge in [0.05, 0.1) is 0 Å². The van der Waals surface area contributed by atoms with Crippen LogP contribution in [0.1, 0.15) is 6.42 Å². The third-order valence-electron chi connectivity index (χ3n) is 0.714. The molecule has 0 saturated heterocycles. The number of carboxylic acid groups (broad SMARTS) is 1. The molecule has 0 aromatic carbocycles. The van der Waals surface area contributed by atoms with Crippen molar-refractivity contribution in [1.29, 1.82) is 0 Å². The maximum atomic E-state index is 11.9. The SMILES string of the molecule is C=CCC(F)(F)C(=O)O.Cl. The molecular weight excluding hydrogens is 166 g/mol. The molecule has 1 N–H and O–H groups in total. The summed E-state index contributed by atoms with van der Waals surface area (Å²) in [6.45, 7) is 2.98. The van der Waals surface area contributed by atoms with Gasteiger partial charge in [0, 0.05) is 6.42 Å². The largest absolute Gasteiger partial charge is 0.477 e. The molecule has 5 heteroatoms. The van der Waals surface area contributed by atoms with Crippen LogP contribution in [0.4, 0.5) is 8.78 Å². The fourth-order valence-electron chi connectivity index (χ4n) is 0.269. The van der Waals surface area contributed by atoms with Crippen molar-refractivity contribution in [2.75, 3.05) is 0 Å². The summed E-state index contributed by atoms with van der Waals surface area (Å²) in [6.07, 6.45) is 0.0520. The van der Waals surface area contributed by atoms with Crippen LogP contribution < -0.4 is 0 Å². The van der Waals surface area contributed by atoms with Crippen molar-refractivity contribution in [3.8, 4) is 0 Å². The molecule has 0 unspecified atom stereocenters. The van der Waals surface area contributed by atoms with Crippen LogP contribution in [0.15, 0.2) is 12.7 Å². The van der Waals surface area contributed by atoms with Gasteiger partial charge < -0.3 is 5.11 Å². The smallest absolute Gasteiger partial charge is 0.374 e. The van der Waals surface area contributed by atoms with E-state index in [9.17, 15) is 13.6 Å². The topological polar surface area (TPSA) is 37.3 Å². The number of carboxylic acids is 1. The van der Waals surface area contributed by atoms with Gasteiger partial charge in [-0.2, -0.15) is 8.78 Å². The zero-order valence-electron chi connectivity index (χ0n) is 5.01. The monoisotopic (exact) mass is 172 g/mol. The Balaban J connectivity index is 0. The summed E-state index contributed by atoms with van der Waals surface area (Å²) in [5, 5.41) is 7.77. The first-order valence-electron chi connectivity index (χ1n) is 2.23. The van der Waals surface area contributed by atoms with Crippen LogP contribution in [0.3, 0.4) is 0 Å². The molecule has 0 aromatic heterocycles. The Kier molecular flexibility index (Phi) is 5.10. The molecule has 2 nitrogen and oxygen atoms in total. The highest BCUT2D eigenvalue weighted by Crippen LogP contribution is 2.17. The lowest BCUT2D eigenvalue weighted by atomic mass is 10.2. The Morgan fingerprint density at radius 3 is 2.20 bits per heavy atom.